The monoisotopic (exact) mass is 308 g/mol. The molecule has 0 atom stereocenters. The van der Waals surface area contributed by atoms with Crippen molar-refractivity contribution in [3.8, 4) is 5.75 Å². The second kappa shape index (κ2) is 7.41. The summed E-state index contributed by atoms with van der Waals surface area (Å²) in [6.45, 7) is 3.02. The molecule has 1 aromatic heterocycles. The molecular formula is C15H17ClN2OS. The normalized spacial score (nSPS) is 10.5. The van der Waals surface area contributed by atoms with E-state index in [0.29, 0.717) is 10.8 Å². The van der Waals surface area contributed by atoms with E-state index in [1.165, 1.54) is 0 Å². The highest BCUT2D eigenvalue weighted by Gasteiger charge is 2.05. The van der Waals surface area contributed by atoms with E-state index in [0.717, 1.165) is 29.4 Å². The van der Waals surface area contributed by atoms with E-state index in [4.69, 9.17) is 11.6 Å². The van der Waals surface area contributed by atoms with Crippen LogP contribution in [-0.4, -0.2) is 16.6 Å². The maximum atomic E-state index is 9.25. The highest BCUT2D eigenvalue weighted by atomic mass is 35.5. The number of nitrogens with zero attached hydrogens (tertiary/aromatic N) is 1. The number of nitrogens with one attached hydrogen (secondary N) is 1. The van der Waals surface area contributed by atoms with Crippen LogP contribution < -0.4 is 5.32 Å². The van der Waals surface area contributed by atoms with Crippen LogP contribution in [0.25, 0.3) is 0 Å². The Morgan fingerprint density at radius 1 is 1.20 bits per heavy atom. The first-order chi connectivity index (χ1) is 9.69. The van der Waals surface area contributed by atoms with E-state index in [1.54, 1.807) is 23.9 Å². The van der Waals surface area contributed by atoms with Gasteiger partial charge in [-0.15, -0.1) is 11.8 Å². The van der Waals surface area contributed by atoms with Crippen molar-refractivity contribution in [2.24, 2.45) is 0 Å². The third kappa shape index (κ3) is 4.32. The Hall–Kier alpha value is -1.39. The number of phenolic OH excluding ortho intramolecular Hbond substituents is 1. The molecular weight excluding hydrogens is 292 g/mol. The number of phenols is 1. The van der Waals surface area contributed by atoms with E-state index in [9.17, 15) is 5.11 Å². The van der Waals surface area contributed by atoms with Crippen molar-refractivity contribution in [2.75, 3.05) is 11.9 Å². The Balaban J connectivity index is 2.02. The average molecular weight is 309 g/mol. The van der Waals surface area contributed by atoms with Gasteiger partial charge in [-0.05, 0) is 42.8 Å². The SMILES string of the molecule is CCCNc1ccc(Cl)c(CSc2ccc(O)cc2)n1. The van der Waals surface area contributed by atoms with Crippen molar-refractivity contribution in [1.29, 1.82) is 0 Å². The molecule has 3 nitrogen and oxygen atoms in total. The summed E-state index contributed by atoms with van der Waals surface area (Å²) in [5.74, 6) is 1.83. The number of hydrogen-bond acceptors (Lipinski definition) is 4. The van der Waals surface area contributed by atoms with Gasteiger partial charge in [-0.3, -0.25) is 0 Å². The molecule has 106 valence electrons. The highest BCUT2D eigenvalue weighted by molar-refractivity contribution is 7.98. The predicted octanol–water partition coefficient (Wildman–Crippen LogP) is 4.55. The molecule has 0 aliphatic rings. The molecule has 0 amide bonds. The summed E-state index contributed by atoms with van der Waals surface area (Å²) in [4.78, 5) is 5.61. The van der Waals surface area contributed by atoms with Gasteiger partial charge < -0.3 is 10.4 Å². The fourth-order valence-corrected chi connectivity index (χ4v) is 2.73. The van der Waals surface area contributed by atoms with Gasteiger partial charge in [0.2, 0.25) is 0 Å². The largest absolute Gasteiger partial charge is 0.508 e. The summed E-state index contributed by atoms with van der Waals surface area (Å²) >= 11 is 7.82. The number of benzene rings is 1. The summed E-state index contributed by atoms with van der Waals surface area (Å²) in [5.41, 5.74) is 0.867. The zero-order valence-corrected chi connectivity index (χ0v) is 12.8. The number of aromatic hydroxyl groups is 1. The molecule has 0 radical (unpaired) electrons. The van der Waals surface area contributed by atoms with Crippen molar-refractivity contribution < 1.29 is 5.11 Å². The summed E-state index contributed by atoms with van der Waals surface area (Å²) < 4.78 is 0. The van der Waals surface area contributed by atoms with Crippen molar-refractivity contribution in [3.63, 3.8) is 0 Å². The summed E-state index contributed by atoms with van der Waals surface area (Å²) in [6.07, 6.45) is 1.06. The molecule has 0 aliphatic carbocycles. The Morgan fingerprint density at radius 2 is 1.95 bits per heavy atom. The molecule has 2 rings (SSSR count). The average Bonchev–Trinajstić information content (AvgIpc) is 2.46. The number of aromatic nitrogens is 1. The first-order valence-corrected chi connectivity index (χ1v) is 7.86. The lowest BCUT2D eigenvalue weighted by molar-refractivity contribution is 0.475. The molecule has 20 heavy (non-hydrogen) atoms. The molecule has 0 saturated heterocycles. The number of halogens is 1. The van der Waals surface area contributed by atoms with Crippen molar-refractivity contribution in [2.45, 2.75) is 24.0 Å². The Morgan fingerprint density at radius 3 is 2.65 bits per heavy atom. The Labute approximate surface area is 128 Å². The van der Waals surface area contributed by atoms with Crippen LogP contribution >= 0.6 is 23.4 Å². The maximum Gasteiger partial charge on any atom is 0.126 e. The van der Waals surface area contributed by atoms with Crippen LogP contribution in [0.2, 0.25) is 5.02 Å². The maximum absolute atomic E-state index is 9.25. The zero-order valence-electron chi connectivity index (χ0n) is 11.3. The molecule has 0 bridgehead atoms. The minimum absolute atomic E-state index is 0.274. The second-order valence-electron chi connectivity index (χ2n) is 4.33. The standard InChI is InChI=1S/C15H17ClN2OS/c1-2-9-17-15-8-7-13(16)14(18-15)10-20-12-5-3-11(19)4-6-12/h3-8,19H,2,9-10H2,1H3,(H,17,18). The fraction of sp³-hybridized carbons (Fsp3) is 0.267. The Kier molecular flexibility index (Phi) is 5.56. The van der Waals surface area contributed by atoms with E-state index in [2.05, 4.69) is 17.2 Å². The van der Waals surface area contributed by atoms with Gasteiger partial charge in [-0.2, -0.15) is 0 Å². The lowest BCUT2D eigenvalue weighted by Crippen LogP contribution is -2.03. The van der Waals surface area contributed by atoms with Crippen LogP contribution in [0.15, 0.2) is 41.3 Å². The van der Waals surface area contributed by atoms with Crippen LogP contribution in [0.5, 0.6) is 5.75 Å². The number of anilines is 1. The van der Waals surface area contributed by atoms with Gasteiger partial charge in [-0.25, -0.2) is 4.98 Å². The topological polar surface area (TPSA) is 45.1 Å². The molecule has 0 saturated carbocycles. The summed E-state index contributed by atoms with van der Waals surface area (Å²) in [6, 6.07) is 10.9. The number of pyridine rings is 1. The lowest BCUT2D eigenvalue weighted by Gasteiger charge is -2.08. The second-order valence-corrected chi connectivity index (χ2v) is 5.79. The number of rotatable bonds is 6. The third-order valence-corrected chi connectivity index (χ3v) is 4.05. The van der Waals surface area contributed by atoms with E-state index >= 15 is 0 Å². The predicted molar refractivity (Wildman–Crippen MR) is 85.7 cm³/mol. The van der Waals surface area contributed by atoms with Crippen LogP contribution in [0.4, 0.5) is 5.82 Å². The van der Waals surface area contributed by atoms with Crippen LogP contribution in [0, 0.1) is 0 Å². The quantitative estimate of drug-likeness (QED) is 0.768. The third-order valence-electron chi connectivity index (χ3n) is 2.69. The molecule has 2 N–H and O–H groups in total. The molecule has 5 heteroatoms. The van der Waals surface area contributed by atoms with Crippen molar-refractivity contribution in [1.82, 2.24) is 4.98 Å². The van der Waals surface area contributed by atoms with Crippen LogP contribution in [0.1, 0.15) is 19.0 Å². The molecule has 0 aliphatic heterocycles. The Bertz CT molecular complexity index is 560. The van der Waals surface area contributed by atoms with E-state index in [1.807, 2.05) is 24.3 Å². The van der Waals surface area contributed by atoms with Crippen molar-refractivity contribution >= 4 is 29.2 Å². The first-order valence-electron chi connectivity index (χ1n) is 6.50. The van der Waals surface area contributed by atoms with Gasteiger partial charge in [0.15, 0.2) is 0 Å². The van der Waals surface area contributed by atoms with Gasteiger partial charge in [-0.1, -0.05) is 18.5 Å². The van der Waals surface area contributed by atoms with Gasteiger partial charge in [0, 0.05) is 17.2 Å². The van der Waals surface area contributed by atoms with Crippen molar-refractivity contribution in [3.05, 3.63) is 47.1 Å². The molecule has 2 aromatic rings. The lowest BCUT2D eigenvalue weighted by atomic mass is 10.3. The van der Waals surface area contributed by atoms with E-state index < -0.39 is 0 Å². The minimum atomic E-state index is 0.274. The van der Waals surface area contributed by atoms with Crippen LogP contribution in [-0.2, 0) is 5.75 Å². The summed E-state index contributed by atoms with van der Waals surface area (Å²) in [7, 11) is 0. The number of thioether (sulfide) groups is 1. The molecule has 0 fully saturated rings. The fourth-order valence-electron chi connectivity index (χ4n) is 1.63. The first kappa shape index (κ1) is 15.0. The van der Waals surface area contributed by atoms with Crippen LogP contribution in [0.3, 0.4) is 0 Å². The van der Waals surface area contributed by atoms with Gasteiger partial charge in [0.1, 0.15) is 11.6 Å². The number of hydrogen-bond donors (Lipinski definition) is 2. The zero-order chi connectivity index (χ0) is 14.4. The molecule has 0 unspecified atom stereocenters. The molecule has 1 heterocycles. The smallest absolute Gasteiger partial charge is 0.126 e. The molecule has 0 spiro atoms. The minimum Gasteiger partial charge on any atom is -0.508 e. The highest BCUT2D eigenvalue weighted by Crippen LogP contribution is 2.27. The van der Waals surface area contributed by atoms with Gasteiger partial charge >= 0.3 is 0 Å². The van der Waals surface area contributed by atoms with Gasteiger partial charge in [0.25, 0.3) is 0 Å². The summed E-state index contributed by atoms with van der Waals surface area (Å²) in [5, 5.41) is 13.2. The van der Waals surface area contributed by atoms with Gasteiger partial charge in [0.05, 0.1) is 10.7 Å². The van der Waals surface area contributed by atoms with E-state index in [-0.39, 0.29) is 5.75 Å². The molecule has 1 aromatic carbocycles.